The van der Waals surface area contributed by atoms with Crippen LogP contribution in [0.25, 0.3) is 0 Å². The van der Waals surface area contributed by atoms with Crippen LogP contribution in [0.4, 0.5) is 0 Å². The monoisotopic (exact) mass is 271 g/mol. The van der Waals surface area contributed by atoms with Gasteiger partial charge >= 0.3 is 0 Å². The lowest BCUT2D eigenvalue weighted by Crippen LogP contribution is -2.39. The largest absolute Gasteiger partial charge is 0.339 e. The Kier molecular flexibility index (Phi) is 3.57. The summed E-state index contributed by atoms with van der Waals surface area (Å²) in [6.45, 7) is 2.08. The van der Waals surface area contributed by atoms with Crippen LogP contribution < -0.4 is 5.73 Å². The fourth-order valence-electron chi connectivity index (χ4n) is 2.93. The molecule has 1 aliphatic carbocycles. The minimum Gasteiger partial charge on any atom is -0.339 e. The number of aryl methyl sites for hydroxylation is 1. The van der Waals surface area contributed by atoms with Crippen LogP contribution in [0.3, 0.4) is 0 Å². The summed E-state index contributed by atoms with van der Waals surface area (Å²) in [7, 11) is 0. The highest BCUT2D eigenvalue weighted by molar-refractivity contribution is 5.24. The Morgan fingerprint density at radius 2 is 2.05 bits per heavy atom. The van der Waals surface area contributed by atoms with E-state index in [2.05, 4.69) is 35.3 Å². The van der Waals surface area contributed by atoms with Gasteiger partial charge in [-0.05, 0) is 25.3 Å². The Labute approximate surface area is 119 Å². The van der Waals surface area contributed by atoms with Crippen LogP contribution in [0.5, 0.6) is 0 Å². The van der Waals surface area contributed by atoms with Crippen molar-refractivity contribution in [2.45, 2.75) is 51.0 Å². The Balaban J connectivity index is 1.76. The summed E-state index contributed by atoms with van der Waals surface area (Å²) in [5, 5.41) is 4.12. The molecule has 0 bridgehead atoms. The molecule has 0 atom stereocenters. The van der Waals surface area contributed by atoms with Crippen molar-refractivity contribution >= 4 is 0 Å². The summed E-state index contributed by atoms with van der Waals surface area (Å²) in [4.78, 5) is 4.53. The first-order chi connectivity index (χ1) is 9.66. The highest BCUT2D eigenvalue weighted by atomic mass is 16.5. The third kappa shape index (κ3) is 2.75. The van der Waals surface area contributed by atoms with Gasteiger partial charge in [0.25, 0.3) is 0 Å². The van der Waals surface area contributed by atoms with Gasteiger partial charge in [-0.3, -0.25) is 0 Å². The molecule has 0 unspecified atom stereocenters. The number of hydrogen-bond acceptors (Lipinski definition) is 4. The summed E-state index contributed by atoms with van der Waals surface area (Å²) < 4.78 is 5.39. The van der Waals surface area contributed by atoms with Gasteiger partial charge in [-0.15, -0.1) is 0 Å². The fourth-order valence-corrected chi connectivity index (χ4v) is 2.93. The SMILES string of the molecule is Cc1cccc(Cc2nc(C3(N)CCCCC3)no2)c1. The van der Waals surface area contributed by atoms with Crippen LogP contribution in [0.2, 0.25) is 0 Å². The first-order valence-electron chi connectivity index (χ1n) is 7.33. The molecule has 4 heteroatoms. The molecule has 0 saturated heterocycles. The van der Waals surface area contributed by atoms with Gasteiger partial charge in [0, 0.05) is 0 Å². The molecule has 1 aromatic carbocycles. The molecule has 0 aliphatic heterocycles. The Morgan fingerprint density at radius 1 is 1.25 bits per heavy atom. The smallest absolute Gasteiger partial charge is 0.231 e. The Hall–Kier alpha value is -1.68. The number of nitrogens with zero attached hydrogens (tertiary/aromatic N) is 2. The number of aromatic nitrogens is 2. The molecular formula is C16H21N3O. The third-order valence-electron chi connectivity index (χ3n) is 4.10. The molecule has 2 N–H and O–H groups in total. The fraction of sp³-hybridized carbons (Fsp3) is 0.500. The van der Waals surface area contributed by atoms with Gasteiger partial charge in [0.15, 0.2) is 5.82 Å². The third-order valence-corrected chi connectivity index (χ3v) is 4.10. The zero-order valence-electron chi connectivity index (χ0n) is 11.9. The van der Waals surface area contributed by atoms with E-state index < -0.39 is 0 Å². The van der Waals surface area contributed by atoms with Gasteiger partial charge < -0.3 is 10.3 Å². The van der Waals surface area contributed by atoms with Crippen LogP contribution in [-0.2, 0) is 12.0 Å². The number of nitrogens with two attached hydrogens (primary N) is 1. The van der Waals surface area contributed by atoms with E-state index in [0.717, 1.165) is 25.7 Å². The summed E-state index contributed by atoms with van der Waals surface area (Å²) in [6, 6.07) is 8.35. The van der Waals surface area contributed by atoms with Gasteiger partial charge in [-0.2, -0.15) is 4.98 Å². The molecule has 20 heavy (non-hydrogen) atoms. The lowest BCUT2D eigenvalue weighted by atomic mass is 9.82. The minimum absolute atomic E-state index is 0.382. The maximum Gasteiger partial charge on any atom is 0.231 e. The molecule has 3 rings (SSSR count). The van der Waals surface area contributed by atoms with Gasteiger partial charge in [-0.25, -0.2) is 0 Å². The van der Waals surface area contributed by atoms with E-state index in [1.165, 1.54) is 17.5 Å². The average Bonchev–Trinajstić information content (AvgIpc) is 2.89. The molecule has 0 amide bonds. The van der Waals surface area contributed by atoms with Crippen molar-refractivity contribution in [3.05, 3.63) is 47.1 Å². The molecule has 1 aliphatic rings. The van der Waals surface area contributed by atoms with Crippen LogP contribution in [-0.4, -0.2) is 10.1 Å². The predicted octanol–water partition coefficient (Wildman–Crippen LogP) is 3.09. The summed E-state index contributed by atoms with van der Waals surface area (Å²) in [5.41, 5.74) is 8.47. The number of benzene rings is 1. The van der Waals surface area contributed by atoms with Gasteiger partial charge in [0.2, 0.25) is 5.89 Å². The normalized spacial score (nSPS) is 18.1. The minimum atomic E-state index is -0.382. The molecule has 4 nitrogen and oxygen atoms in total. The average molecular weight is 271 g/mol. The van der Waals surface area contributed by atoms with Crippen LogP contribution in [0.15, 0.2) is 28.8 Å². The van der Waals surface area contributed by atoms with Crippen molar-refractivity contribution in [3.63, 3.8) is 0 Å². The van der Waals surface area contributed by atoms with E-state index in [-0.39, 0.29) is 5.54 Å². The first-order valence-corrected chi connectivity index (χ1v) is 7.33. The van der Waals surface area contributed by atoms with Crippen molar-refractivity contribution < 1.29 is 4.52 Å². The van der Waals surface area contributed by atoms with Crippen molar-refractivity contribution in [1.82, 2.24) is 10.1 Å². The summed E-state index contributed by atoms with van der Waals surface area (Å²) in [5.74, 6) is 1.33. The molecule has 0 spiro atoms. The van der Waals surface area contributed by atoms with E-state index in [4.69, 9.17) is 10.3 Å². The Bertz CT molecular complexity index is 585. The lowest BCUT2D eigenvalue weighted by Gasteiger charge is -2.29. The predicted molar refractivity (Wildman–Crippen MR) is 77.2 cm³/mol. The molecule has 0 radical (unpaired) electrons. The standard InChI is InChI=1S/C16H21N3O/c1-12-6-5-7-13(10-12)11-14-18-15(19-20-14)16(17)8-3-2-4-9-16/h5-7,10H,2-4,8-9,11,17H2,1H3. The Morgan fingerprint density at radius 3 is 2.80 bits per heavy atom. The lowest BCUT2D eigenvalue weighted by molar-refractivity contribution is 0.273. The quantitative estimate of drug-likeness (QED) is 0.931. The van der Waals surface area contributed by atoms with Gasteiger partial charge in [-0.1, -0.05) is 54.2 Å². The van der Waals surface area contributed by atoms with Crippen molar-refractivity contribution in [3.8, 4) is 0 Å². The summed E-state index contributed by atoms with van der Waals surface area (Å²) in [6.07, 6.45) is 6.14. The highest BCUT2D eigenvalue weighted by Crippen LogP contribution is 2.33. The first kappa shape index (κ1) is 13.3. The van der Waals surface area contributed by atoms with E-state index in [1.54, 1.807) is 0 Å². The van der Waals surface area contributed by atoms with Gasteiger partial charge in [0.05, 0.1) is 12.0 Å². The van der Waals surface area contributed by atoms with E-state index in [0.29, 0.717) is 18.1 Å². The van der Waals surface area contributed by atoms with Crippen LogP contribution >= 0.6 is 0 Å². The molecular weight excluding hydrogens is 250 g/mol. The molecule has 2 aromatic rings. The van der Waals surface area contributed by atoms with Gasteiger partial charge in [0.1, 0.15) is 0 Å². The van der Waals surface area contributed by atoms with Crippen LogP contribution in [0, 0.1) is 6.92 Å². The molecule has 1 aromatic heterocycles. The number of hydrogen-bond donors (Lipinski definition) is 1. The second-order valence-electron chi connectivity index (χ2n) is 5.89. The molecule has 1 heterocycles. The van der Waals surface area contributed by atoms with E-state index in [9.17, 15) is 0 Å². The second kappa shape index (κ2) is 5.37. The van der Waals surface area contributed by atoms with Crippen molar-refractivity contribution in [1.29, 1.82) is 0 Å². The van der Waals surface area contributed by atoms with Crippen molar-refractivity contribution in [2.24, 2.45) is 5.73 Å². The molecule has 1 saturated carbocycles. The van der Waals surface area contributed by atoms with Crippen molar-refractivity contribution in [2.75, 3.05) is 0 Å². The zero-order chi connectivity index (χ0) is 14.0. The maximum absolute atomic E-state index is 6.43. The maximum atomic E-state index is 6.43. The summed E-state index contributed by atoms with van der Waals surface area (Å²) >= 11 is 0. The second-order valence-corrected chi connectivity index (χ2v) is 5.89. The van der Waals surface area contributed by atoms with E-state index in [1.807, 2.05) is 6.07 Å². The number of rotatable bonds is 3. The van der Waals surface area contributed by atoms with E-state index >= 15 is 0 Å². The highest BCUT2D eigenvalue weighted by Gasteiger charge is 2.34. The molecule has 1 fully saturated rings. The van der Waals surface area contributed by atoms with Crippen LogP contribution in [0.1, 0.15) is 54.9 Å². The zero-order valence-corrected chi connectivity index (χ0v) is 11.9. The topological polar surface area (TPSA) is 64.9 Å². The molecule has 106 valence electrons.